The van der Waals surface area contributed by atoms with E-state index in [0.29, 0.717) is 31.2 Å². The van der Waals surface area contributed by atoms with Crippen molar-refractivity contribution in [2.75, 3.05) is 5.75 Å². The maximum atomic E-state index is 15.0. The van der Waals surface area contributed by atoms with Crippen LogP contribution in [0.5, 0.6) is 0 Å². The van der Waals surface area contributed by atoms with Crippen molar-refractivity contribution in [1.82, 2.24) is 0 Å². The van der Waals surface area contributed by atoms with Crippen LogP contribution in [0, 0.1) is 17.3 Å². The molecule has 1 aromatic rings. The summed E-state index contributed by atoms with van der Waals surface area (Å²) < 4.78 is 95.7. The molecule has 4 aliphatic carbocycles. The molecule has 4 nitrogen and oxygen atoms in total. The van der Waals surface area contributed by atoms with Crippen LogP contribution in [-0.4, -0.2) is 42.8 Å². The molecule has 0 radical (unpaired) electrons. The average Bonchev–Trinajstić information content (AvgIpc) is 3.14. The third kappa shape index (κ3) is 3.76. The minimum Gasteiger partial charge on any atom is -0.383 e. The van der Waals surface area contributed by atoms with Crippen molar-refractivity contribution in [2.45, 2.75) is 87.3 Å². The second-order valence-corrected chi connectivity index (χ2v) is 13.7. The molecule has 0 amide bonds. The third-order valence-corrected chi connectivity index (χ3v) is 11.5. The third-order valence-electron chi connectivity index (χ3n) is 9.78. The van der Waals surface area contributed by atoms with Gasteiger partial charge in [0.25, 0.3) is 0 Å². The van der Waals surface area contributed by atoms with Crippen LogP contribution in [0.25, 0.3) is 0 Å². The number of carbonyl (C=O) groups excluding carboxylic acids is 1. The van der Waals surface area contributed by atoms with Crippen molar-refractivity contribution >= 4 is 15.6 Å². The highest BCUT2D eigenvalue weighted by Gasteiger charge is 2.79. The molecule has 0 bridgehead atoms. The second-order valence-electron chi connectivity index (χ2n) is 11.4. The van der Waals surface area contributed by atoms with Crippen LogP contribution in [0.15, 0.2) is 52.0 Å². The van der Waals surface area contributed by atoms with Gasteiger partial charge in [-0.1, -0.05) is 31.6 Å². The lowest BCUT2D eigenvalue weighted by atomic mass is 9.50. The number of benzene rings is 1. The Hall–Kier alpha value is -2.07. The van der Waals surface area contributed by atoms with E-state index >= 15 is 8.78 Å². The van der Waals surface area contributed by atoms with Gasteiger partial charge in [0.2, 0.25) is 0 Å². The number of sulfone groups is 1. The van der Waals surface area contributed by atoms with E-state index in [2.05, 4.69) is 0 Å². The lowest BCUT2D eigenvalue weighted by molar-refractivity contribution is -0.362. The molecule has 4 aliphatic rings. The molecule has 5 rings (SSSR count). The first-order chi connectivity index (χ1) is 17.6. The van der Waals surface area contributed by atoms with E-state index in [1.807, 2.05) is 0 Å². The van der Waals surface area contributed by atoms with Gasteiger partial charge in [-0.3, -0.25) is 4.79 Å². The Morgan fingerprint density at radius 3 is 2.29 bits per heavy atom. The minimum absolute atomic E-state index is 0.00850. The van der Waals surface area contributed by atoms with Gasteiger partial charge in [-0.05, 0) is 85.3 Å². The SMILES string of the molecule is CCS(=O)(=O)c1ccc([C@H]2C[C@@]3(C)[C@@H](CC[C@]3(O)C(F)(F)C(F)(F)F)[C@@H]3CCC4=CC(=O)CCC4=C32)cc1. The Morgan fingerprint density at radius 1 is 1.03 bits per heavy atom. The molecule has 1 N–H and O–H groups in total. The number of rotatable bonds is 4. The van der Waals surface area contributed by atoms with Gasteiger partial charge in [0.1, 0.15) is 5.60 Å². The quantitative estimate of drug-likeness (QED) is 0.440. The lowest BCUT2D eigenvalue weighted by Crippen LogP contribution is -2.65. The summed E-state index contributed by atoms with van der Waals surface area (Å²) in [6.07, 6.45) is -3.27. The van der Waals surface area contributed by atoms with Gasteiger partial charge in [-0.15, -0.1) is 0 Å². The highest BCUT2D eigenvalue weighted by atomic mass is 32.2. The molecule has 2 saturated carbocycles. The van der Waals surface area contributed by atoms with Crippen molar-refractivity contribution < 1.29 is 40.3 Å². The van der Waals surface area contributed by atoms with Crippen LogP contribution in [0.2, 0.25) is 0 Å². The molecule has 0 heterocycles. The number of allylic oxidation sites excluding steroid dienone is 4. The van der Waals surface area contributed by atoms with E-state index in [1.165, 1.54) is 26.0 Å². The Kier molecular flexibility index (Phi) is 6.31. The van der Waals surface area contributed by atoms with Gasteiger partial charge in [-0.2, -0.15) is 22.0 Å². The average molecular weight is 559 g/mol. The van der Waals surface area contributed by atoms with Crippen molar-refractivity contribution in [2.24, 2.45) is 17.3 Å². The van der Waals surface area contributed by atoms with Crippen LogP contribution in [0.3, 0.4) is 0 Å². The Labute approximate surface area is 218 Å². The molecule has 0 unspecified atom stereocenters. The first kappa shape index (κ1) is 27.5. The van der Waals surface area contributed by atoms with Crippen LogP contribution in [0.4, 0.5) is 22.0 Å². The van der Waals surface area contributed by atoms with Gasteiger partial charge >= 0.3 is 12.1 Å². The number of ketones is 1. The fraction of sp³-hybridized carbons (Fsp3) is 0.607. The highest BCUT2D eigenvalue weighted by molar-refractivity contribution is 7.91. The van der Waals surface area contributed by atoms with E-state index in [9.17, 15) is 31.5 Å². The number of hydrogen-bond acceptors (Lipinski definition) is 4. The van der Waals surface area contributed by atoms with Crippen LogP contribution in [-0.2, 0) is 14.6 Å². The second kappa shape index (κ2) is 8.71. The molecular weight excluding hydrogens is 527 g/mol. The molecule has 0 aliphatic heterocycles. The minimum atomic E-state index is -5.91. The van der Waals surface area contributed by atoms with Crippen molar-refractivity contribution in [1.29, 1.82) is 0 Å². The number of hydrogen-bond donors (Lipinski definition) is 1. The van der Waals surface area contributed by atoms with E-state index in [1.54, 1.807) is 18.2 Å². The fourth-order valence-electron chi connectivity index (χ4n) is 7.79. The van der Waals surface area contributed by atoms with Gasteiger partial charge < -0.3 is 5.11 Å². The Morgan fingerprint density at radius 2 is 1.68 bits per heavy atom. The molecule has 2 fully saturated rings. The molecule has 1 aromatic carbocycles. The van der Waals surface area contributed by atoms with Crippen molar-refractivity contribution in [3.05, 3.63) is 52.6 Å². The predicted octanol–water partition coefficient (Wildman–Crippen LogP) is 6.31. The summed E-state index contributed by atoms with van der Waals surface area (Å²) in [6, 6.07) is 6.09. The maximum Gasteiger partial charge on any atom is 0.456 e. The normalized spacial score (nSPS) is 33.9. The predicted molar refractivity (Wildman–Crippen MR) is 130 cm³/mol. The summed E-state index contributed by atoms with van der Waals surface area (Å²) in [5.41, 5.74) is -1.61. The molecule has 0 spiro atoms. The zero-order valence-corrected chi connectivity index (χ0v) is 22.1. The van der Waals surface area contributed by atoms with Gasteiger partial charge in [0.05, 0.1) is 10.6 Å². The van der Waals surface area contributed by atoms with Crippen molar-refractivity contribution in [3.8, 4) is 0 Å². The first-order valence-electron chi connectivity index (χ1n) is 13.0. The Bertz CT molecular complexity index is 1330. The molecule has 5 atom stereocenters. The van der Waals surface area contributed by atoms with Gasteiger partial charge in [0.15, 0.2) is 15.6 Å². The summed E-state index contributed by atoms with van der Waals surface area (Å²) in [5.74, 6) is -6.90. The van der Waals surface area contributed by atoms with Crippen molar-refractivity contribution in [3.63, 3.8) is 0 Å². The first-order valence-corrected chi connectivity index (χ1v) is 14.7. The monoisotopic (exact) mass is 558 g/mol. The molecule has 0 saturated heterocycles. The van der Waals surface area contributed by atoms with E-state index < -0.39 is 51.2 Å². The van der Waals surface area contributed by atoms with Gasteiger partial charge in [-0.25, -0.2) is 8.42 Å². The molecular formula is C28H31F5O4S. The number of aliphatic hydroxyl groups is 1. The zero-order valence-electron chi connectivity index (χ0n) is 21.2. The van der Waals surface area contributed by atoms with Crippen LogP contribution < -0.4 is 0 Å². The number of carbonyl (C=O) groups is 1. The smallest absolute Gasteiger partial charge is 0.383 e. The van der Waals surface area contributed by atoms with E-state index in [-0.39, 0.29) is 35.2 Å². The standard InChI is InChI=1S/C28H31F5O4S/c1-3-38(36,37)19-8-4-16(5-9-19)22-15-25(2)23(12-13-26(25,35)27(29,30)28(31,32)33)21-10-6-17-14-18(34)7-11-20(17)24(21)22/h4-5,8-9,14,21-23,35H,3,6-7,10-13,15H2,1-2H3/t21-,22+,23-,25-,26+/m0/s1. The summed E-state index contributed by atoms with van der Waals surface area (Å²) in [6.45, 7) is 2.88. The van der Waals surface area contributed by atoms with Crippen LogP contribution >= 0.6 is 0 Å². The lowest BCUT2D eigenvalue weighted by Gasteiger charge is -2.56. The van der Waals surface area contributed by atoms with E-state index in [4.69, 9.17) is 0 Å². The summed E-state index contributed by atoms with van der Waals surface area (Å²) >= 11 is 0. The molecule has 38 heavy (non-hydrogen) atoms. The Balaban J connectivity index is 1.68. The largest absolute Gasteiger partial charge is 0.456 e. The summed E-state index contributed by atoms with van der Waals surface area (Å²) in [7, 11) is -3.50. The number of halogens is 5. The molecule has 0 aromatic heterocycles. The molecule has 208 valence electrons. The maximum absolute atomic E-state index is 15.0. The zero-order chi connectivity index (χ0) is 27.9. The molecule has 10 heteroatoms. The number of fused-ring (bicyclic) bond motifs is 4. The van der Waals surface area contributed by atoms with Crippen LogP contribution in [0.1, 0.15) is 70.3 Å². The fourth-order valence-corrected chi connectivity index (χ4v) is 8.67. The topological polar surface area (TPSA) is 71.4 Å². The van der Waals surface area contributed by atoms with Gasteiger partial charge in [0, 0.05) is 17.8 Å². The highest BCUT2D eigenvalue weighted by Crippen LogP contribution is 2.70. The van der Waals surface area contributed by atoms with E-state index in [0.717, 1.165) is 16.7 Å². The number of alkyl halides is 5. The summed E-state index contributed by atoms with van der Waals surface area (Å²) in [4.78, 5) is 12.2. The summed E-state index contributed by atoms with van der Waals surface area (Å²) in [5, 5.41) is 11.3.